The molecule has 4 fully saturated rings. The van der Waals surface area contributed by atoms with E-state index < -0.39 is 11.9 Å². The molecule has 2 aliphatic carbocycles. The van der Waals surface area contributed by atoms with Crippen molar-refractivity contribution in [2.75, 3.05) is 48.8 Å². The zero-order valence-electron chi connectivity index (χ0n) is 33.3. The first kappa shape index (κ1) is 40.1. The van der Waals surface area contributed by atoms with Gasteiger partial charge in [-0.3, -0.25) is 34.0 Å². The van der Waals surface area contributed by atoms with Crippen LogP contribution in [0.2, 0.25) is 0 Å². The molecule has 4 aromatic rings. The molecule has 4 heterocycles. The van der Waals surface area contributed by atoms with Crippen molar-refractivity contribution in [3.8, 4) is 16.9 Å². The molecule has 3 N–H and O–H groups in total. The summed E-state index contributed by atoms with van der Waals surface area (Å²) in [6, 6.07) is 17.1. The van der Waals surface area contributed by atoms with Crippen LogP contribution in [0.5, 0.6) is 0 Å². The number of amides is 3. The van der Waals surface area contributed by atoms with Crippen LogP contribution in [0, 0.1) is 17.6 Å². The van der Waals surface area contributed by atoms with Crippen LogP contribution in [0.4, 0.5) is 26.1 Å². The minimum Gasteiger partial charge on any atom is -0.374 e. The van der Waals surface area contributed by atoms with Crippen LogP contribution in [-0.2, 0) is 14.4 Å². The van der Waals surface area contributed by atoms with E-state index in [0.29, 0.717) is 54.1 Å². The number of nitrogens with one attached hydrogen (secondary N) is 3. The maximum atomic E-state index is 15.3. The Morgan fingerprint density at radius 2 is 1.61 bits per heavy atom. The molecule has 0 spiro atoms. The van der Waals surface area contributed by atoms with Crippen LogP contribution >= 0.6 is 0 Å². The number of hydrogen-bond donors (Lipinski definition) is 3. The van der Waals surface area contributed by atoms with Gasteiger partial charge in [-0.05, 0) is 94.2 Å². The lowest BCUT2D eigenvalue weighted by Crippen LogP contribution is -2.53. The van der Waals surface area contributed by atoms with E-state index in [1.165, 1.54) is 22.9 Å². The van der Waals surface area contributed by atoms with E-state index in [1.807, 2.05) is 11.9 Å². The van der Waals surface area contributed by atoms with E-state index in [1.54, 1.807) is 54.7 Å². The summed E-state index contributed by atoms with van der Waals surface area (Å²) in [4.78, 5) is 65.0. The summed E-state index contributed by atoms with van der Waals surface area (Å²) in [7, 11) is 1.95. The molecule has 59 heavy (non-hydrogen) atoms. The molecule has 8 rings (SSSR count). The number of anilines is 3. The molecule has 310 valence electrons. The molecule has 2 aromatic heterocycles. The van der Waals surface area contributed by atoms with Gasteiger partial charge in [-0.2, -0.15) is 0 Å². The number of pyridine rings is 1. The Bertz CT molecular complexity index is 2230. The lowest BCUT2D eigenvalue weighted by molar-refractivity contribution is -0.138. The highest BCUT2D eigenvalue weighted by molar-refractivity contribution is 6.01. The number of aromatic nitrogens is 3. The maximum absolute atomic E-state index is 15.3. The second-order valence-electron chi connectivity index (χ2n) is 16.3. The van der Waals surface area contributed by atoms with Gasteiger partial charge in [-0.15, -0.1) is 0 Å². The third-order valence-electron chi connectivity index (χ3n) is 12.6. The first-order valence-electron chi connectivity index (χ1n) is 20.8. The van der Waals surface area contributed by atoms with Crippen molar-refractivity contribution in [2.45, 2.75) is 88.4 Å². The molecule has 13 nitrogen and oxygen atoms in total. The largest absolute Gasteiger partial charge is 0.374 e. The van der Waals surface area contributed by atoms with Gasteiger partial charge in [0.05, 0.1) is 11.9 Å². The second-order valence-corrected chi connectivity index (χ2v) is 16.3. The summed E-state index contributed by atoms with van der Waals surface area (Å²) in [6.07, 6.45) is 10.5. The van der Waals surface area contributed by atoms with Crippen LogP contribution in [0.15, 0.2) is 77.9 Å². The number of carbonyl (C=O) groups excluding carboxylic acids is 3. The normalized spacial score (nSPS) is 24.0. The number of carbonyl (C=O) groups is 3. The minimum absolute atomic E-state index is 0.0413. The van der Waals surface area contributed by atoms with Crippen LogP contribution in [0.1, 0.15) is 64.2 Å². The molecule has 1 atom stereocenters. The molecule has 0 radical (unpaired) electrons. The predicted octanol–water partition coefficient (Wildman–Crippen LogP) is 5.35. The van der Waals surface area contributed by atoms with E-state index >= 15 is 8.78 Å². The van der Waals surface area contributed by atoms with Gasteiger partial charge in [-0.25, -0.2) is 18.7 Å². The van der Waals surface area contributed by atoms with Crippen LogP contribution in [0.3, 0.4) is 0 Å². The topological polar surface area (TPSA) is 145 Å². The van der Waals surface area contributed by atoms with Crippen molar-refractivity contribution in [2.24, 2.45) is 5.92 Å². The van der Waals surface area contributed by atoms with Gasteiger partial charge in [-0.1, -0.05) is 18.2 Å². The van der Waals surface area contributed by atoms with Gasteiger partial charge in [0.25, 0.3) is 5.56 Å². The highest BCUT2D eigenvalue weighted by atomic mass is 19.1. The summed E-state index contributed by atoms with van der Waals surface area (Å²) in [5.74, 6) is -1.07. The molecule has 15 heteroatoms. The average Bonchev–Trinajstić information content (AvgIpc) is 3.25. The van der Waals surface area contributed by atoms with E-state index in [0.717, 1.165) is 64.5 Å². The van der Waals surface area contributed by atoms with Gasteiger partial charge >= 0.3 is 0 Å². The zero-order valence-corrected chi connectivity index (χ0v) is 33.3. The fourth-order valence-electron chi connectivity index (χ4n) is 9.24. The van der Waals surface area contributed by atoms with E-state index in [-0.39, 0.29) is 59.2 Å². The second kappa shape index (κ2) is 17.7. The Kier molecular flexibility index (Phi) is 12.0. The molecule has 2 aliphatic heterocycles. The van der Waals surface area contributed by atoms with Gasteiger partial charge in [0, 0.05) is 92.9 Å². The average molecular weight is 808 g/mol. The standard InChI is InChI=1S/C44H51F2N9O4/c1-52(32-13-15-33(16-14-32)53-21-23-54(24-22-53)38-18-12-31(26-35(38)45)48-37-17-19-39(56)50-42(37)58)43(59)28-8-10-30(11-9-28)49-44-47-27-36(46)41(51-44)29-5-4-6-34(25-29)55-20-3-2-7-40(55)57/h2-7,12,18,20,25-28,30,32-33,37,48H,8-11,13-17,19,21-24H2,1H3,(H,47,49,51)(H,50,56,58). The first-order valence-corrected chi connectivity index (χ1v) is 20.8. The fourth-order valence-corrected chi connectivity index (χ4v) is 9.24. The number of imide groups is 1. The molecule has 2 saturated carbocycles. The summed E-state index contributed by atoms with van der Waals surface area (Å²) in [6.45, 7) is 3.11. The number of piperazine rings is 1. The summed E-state index contributed by atoms with van der Waals surface area (Å²) >= 11 is 0. The summed E-state index contributed by atoms with van der Waals surface area (Å²) in [5, 5.41) is 8.75. The van der Waals surface area contributed by atoms with E-state index in [9.17, 15) is 19.2 Å². The molecular weight excluding hydrogens is 757 g/mol. The van der Waals surface area contributed by atoms with Crippen molar-refractivity contribution >= 4 is 35.0 Å². The lowest BCUT2D eigenvalue weighted by Gasteiger charge is -2.44. The third-order valence-corrected chi connectivity index (χ3v) is 12.6. The van der Waals surface area contributed by atoms with Crippen LogP contribution in [-0.4, -0.2) is 99.5 Å². The van der Waals surface area contributed by atoms with Crippen molar-refractivity contribution in [1.29, 1.82) is 0 Å². The quantitative estimate of drug-likeness (QED) is 0.180. The molecule has 1 unspecified atom stereocenters. The third kappa shape index (κ3) is 9.14. The number of piperidine rings is 1. The van der Waals surface area contributed by atoms with Crippen molar-refractivity contribution in [1.82, 2.24) is 29.7 Å². The fraction of sp³-hybridized carbons (Fsp3) is 0.455. The highest BCUT2D eigenvalue weighted by Crippen LogP contribution is 2.33. The first-order chi connectivity index (χ1) is 28.6. The lowest BCUT2D eigenvalue weighted by atomic mass is 9.83. The number of benzene rings is 2. The van der Waals surface area contributed by atoms with Crippen molar-refractivity contribution in [3.63, 3.8) is 0 Å². The van der Waals surface area contributed by atoms with Crippen LogP contribution < -0.4 is 26.4 Å². The number of hydrogen-bond acceptors (Lipinski definition) is 10. The van der Waals surface area contributed by atoms with Crippen molar-refractivity contribution in [3.05, 3.63) is 95.0 Å². The molecule has 0 bridgehead atoms. The smallest absolute Gasteiger partial charge is 0.255 e. The Morgan fingerprint density at radius 1 is 0.831 bits per heavy atom. The van der Waals surface area contributed by atoms with E-state index in [4.69, 9.17) is 0 Å². The minimum atomic E-state index is -0.563. The number of halogens is 2. The summed E-state index contributed by atoms with van der Waals surface area (Å²) < 4.78 is 31.8. The van der Waals surface area contributed by atoms with Crippen LogP contribution in [0.25, 0.3) is 16.9 Å². The molecule has 2 saturated heterocycles. The molecule has 2 aromatic carbocycles. The van der Waals surface area contributed by atoms with Gasteiger partial charge in [0.15, 0.2) is 5.82 Å². The summed E-state index contributed by atoms with van der Waals surface area (Å²) in [5.41, 5.74) is 2.17. The number of nitrogens with zero attached hydrogens (tertiary/aromatic N) is 6. The Balaban J connectivity index is 0.776. The predicted molar refractivity (Wildman–Crippen MR) is 221 cm³/mol. The monoisotopic (exact) mass is 807 g/mol. The molecule has 3 amide bonds. The van der Waals surface area contributed by atoms with Gasteiger partial charge in [0.1, 0.15) is 17.6 Å². The molecular formula is C44H51F2N9O4. The molecule has 4 aliphatic rings. The van der Waals surface area contributed by atoms with Gasteiger partial charge in [0.2, 0.25) is 23.7 Å². The van der Waals surface area contributed by atoms with Crippen molar-refractivity contribution < 1.29 is 23.2 Å². The van der Waals surface area contributed by atoms with Gasteiger partial charge < -0.3 is 20.4 Å². The Morgan fingerprint density at radius 3 is 2.34 bits per heavy atom. The Labute approximate surface area is 342 Å². The Hall–Kier alpha value is -5.70. The highest BCUT2D eigenvalue weighted by Gasteiger charge is 2.35. The SMILES string of the molecule is CN(C(=O)C1CCC(Nc2ncc(F)c(-c3cccc(-n4ccccc4=O)c3)n2)CC1)C1CCC(N2CCN(c3ccc(NC4CCC(=O)NC4=O)cc3F)CC2)CC1. The number of rotatable bonds is 10. The zero-order chi connectivity index (χ0) is 41.0. The van der Waals surface area contributed by atoms with E-state index in [2.05, 4.69) is 35.7 Å². The maximum Gasteiger partial charge on any atom is 0.255 e.